The fraction of sp³-hybridized carbons (Fsp3) is 0.636. The molecule has 0 aliphatic rings. The molecule has 0 saturated heterocycles. The van der Waals surface area contributed by atoms with Crippen LogP contribution in [0.15, 0.2) is 11.4 Å². The first kappa shape index (κ1) is 15.9. The number of rotatable bonds is 7. The zero-order chi connectivity index (χ0) is 14.5. The van der Waals surface area contributed by atoms with E-state index in [2.05, 4.69) is 4.98 Å². The molecule has 0 unspecified atom stereocenters. The number of thioether (sulfide) groups is 1. The van der Waals surface area contributed by atoms with E-state index >= 15 is 0 Å². The lowest BCUT2D eigenvalue weighted by atomic mass is 10.2. The Morgan fingerprint density at radius 3 is 2.74 bits per heavy atom. The molecule has 0 bridgehead atoms. The lowest BCUT2D eigenvalue weighted by molar-refractivity contribution is -0.136. The minimum atomic E-state index is -4.12. The van der Waals surface area contributed by atoms with Gasteiger partial charge >= 0.3 is 12.1 Å². The lowest BCUT2D eigenvalue weighted by Crippen LogP contribution is -2.08. The summed E-state index contributed by atoms with van der Waals surface area (Å²) in [5.74, 6) is -1.06. The van der Waals surface area contributed by atoms with E-state index in [0.717, 1.165) is 17.5 Å². The molecule has 0 radical (unpaired) electrons. The number of imidazole rings is 1. The molecular formula is C11H15F3N2O2S. The van der Waals surface area contributed by atoms with Gasteiger partial charge in [-0.2, -0.15) is 13.2 Å². The number of aromatic nitrogens is 2. The highest BCUT2D eigenvalue weighted by Gasteiger charge is 2.25. The van der Waals surface area contributed by atoms with Gasteiger partial charge in [-0.3, -0.25) is 4.79 Å². The maximum atomic E-state index is 12.0. The molecule has 19 heavy (non-hydrogen) atoms. The van der Waals surface area contributed by atoms with Crippen LogP contribution in [0.3, 0.4) is 0 Å². The highest BCUT2D eigenvalue weighted by Crippen LogP contribution is 2.23. The molecule has 108 valence electrons. The van der Waals surface area contributed by atoms with Gasteiger partial charge in [0.2, 0.25) is 0 Å². The Labute approximate surface area is 113 Å². The van der Waals surface area contributed by atoms with Crippen LogP contribution in [-0.2, 0) is 11.3 Å². The third-order valence-corrected chi connectivity index (χ3v) is 3.27. The number of carboxylic acids is 1. The van der Waals surface area contributed by atoms with E-state index in [1.54, 1.807) is 17.7 Å². The van der Waals surface area contributed by atoms with Crippen molar-refractivity contribution in [3.8, 4) is 0 Å². The van der Waals surface area contributed by atoms with Crippen molar-refractivity contribution in [1.82, 2.24) is 9.55 Å². The van der Waals surface area contributed by atoms with Gasteiger partial charge in [0.05, 0.1) is 11.4 Å². The Morgan fingerprint density at radius 1 is 1.47 bits per heavy atom. The molecule has 0 amide bonds. The van der Waals surface area contributed by atoms with Crippen LogP contribution in [0, 0.1) is 6.92 Å². The predicted octanol–water partition coefficient (Wildman–Crippen LogP) is 3.10. The quantitative estimate of drug-likeness (QED) is 0.620. The van der Waals surface area contributed by atoms with Gasteiger partial charge in [0.25, 0.3) is 0 Å². The SMILES string of the molecule is Cc1cn(CCCCC(F)(F)F)c(SCC(=O)O)n1. The van der Waals surface area contributed by atoms with Crippen LogP contribution in [0.1, 0.15) is 25.0 Å². The van der Waals surface area contributed by atoms with Gasteiger partial charge in [0, 0.05) is 19.2 Å². The van der Waals surface area contributed by atoms with Crippen LogP contribution in [0.25, 0.3) is 0 Å². The summed E-state index contributed by atoms with van der Waals surface area (Å²) < 4.78 is 37.7. The number of aliphatic carboxylic acids is 1. The zero-order valence-electron chi connectivity index (χ0n) is 10.4. The number of carboxylic acid groups (broad SMARTS) is 1. The zero-order valence-corrected chi connectivity index (χ0v) is 11.2. The second-order valence-electron chi connectivity index (χ2n) is 4.11. The van der Waals surface area contributed by atoms with Crippen LogP contribution >= 0.6 is 11.8 Å². The van der Waals surface area contributed by atoms with E-state index in [1.165, 1.54) is 0 Å². The summed E-state index contributed by atoms with van der Waals surface area (Å²) in [6.07, 6.45) is -2.75. The van der Waals surface area contributed by atoms with Crippen molar-refractivity contribution in [1.29, 1.82) is 0 Å². The molecule has 8 heteroatoms. The average Bonchev–Trinajstić information content (AvgIpc) is 2.61. The van der Waals surface area contributed by atoms with Crippen molar-refractivity contribution in [2.75, 3.05) is 5.75 Å². The van der Waals surface area contributed by atoms with Gasteiger partial charge in [-0.1, -0.05) is 11.8 Å². The second kappa shape index (κ2) is 6.83. The minimum absolute atomic E-state index is 0.0593. The Hall–Kier alpha value is -1.18. The molecule has 1 heterocycles. The van der Waals surface area contributed by atoms with Gasteiger partial charge in [0.1, 0.15) is 0 Å². The first-order chi connectivity index (χ1) is 8.78. The third-order valence-electron chi connectivity index (χ3n) is 2.29. The van der Waals surface area contributed by atoms with Gasteiger partial charge in [-0.05, 0) is 19.8 Å². The smallest absolute Gasteiger partial charge is 0.389 e. The first-order valence-electron chi connectivity index (χ1n) is 5.73. The molecule has 0 aliphatic carbocycles. The summed E-state index contributed by atoms with van der Waals surface area (Å²) in [4.78, 5) is 14.6. The van der Waals surface area contributed by atoms with Gasteiger partial charge < -0.3 is 9.67 Å². The molecule has 0 fully saturated rings. The summed E-state index contributed by atoms with van der Waals surface area (Å²) in [5.41, 5.74) is 0.726. The van der Waals surface area contributed by atoms with Crippen molar-refractivity contribution in [3.63, 3.8) is 0 Å². The van der Waals surface area contributed by atoms with Crippen LogP contribution < -0.4 is 0 Å². The molecule has 1 N–H and O–H groups in total. The largest absolute Gasteiger partial charge is 0.481 e. The molecular weight excluding hydrogens is 281 g/mol. The topological polar surface area (TPSA) is 55.1 Å². The molecule has 0 aromatic carbocycles. The number of hydrogen-bond donors (Lipinski definition) is 1. The monoisotopic (exact) mass is 296 g/mol. The summed E-state index contributed by atoms with van der Waals surface area (Å²) in [6.45, 7) is 2.18. The summed E-state index contributed by atoms with van der Waals surface area (Å²) in [5, 5.41) is 9.13. The fourth-order valence-corrected chi connectivity index (χ4v) is 2.30. The van der Waals surface area contributed by atoms with Gasteiger partial charge in [-0.25, -0.2) is 4.98 Å². The molecule has 1 aromatic rings. The van der Waals surface area contributed by atoms with Crippen molar-refractivity contribution in [2.45, 2.75) is 44.1 Å². The first-order valence-corrected chi connectivity index (χ1v) is 6.71. The number of hydrogen-bond acceptors (Lipinski definition) is 3. The van der Waals surface area contributed by atoms with E-state index in [-0.39, 0.29) is 12.2 Å². The molecule has 0 spiro atoms. The lowest BCUT2D eigenvalue weighted by Gasteiger charge is -2.08. The van der Waals surface area contributed by atoms with E-state index in [1.807, 2.05) is 0 Å². The Kier molecular flexibility index (Phi) is 5.71. The molecule has 1 aromatic heterocycles. The normalized spacial score (nSPS) is 11.8. The molecule has 0 saturated carbocycles. The summed E-state index contributed by atoms with van der Waals surface area (Å²) in [7, 11) is 0. The number of halogens is 3. The number of unbranched alkanes of at least 4 members (excludes halogenated alkanes) is 1. The highest BCUT2D eigenvalue weighted by atomic mass is 32.2. The third kappa shape index (κ3) is 6.51. The summed E-state index contributed by atoms with van der Waals surface area (Å²) >= 11 is 1.07. The van der Waals surface area contributed by atoms with Gasteiger partial charge in [0.15, 0.2) is 5.16 Å². The van der Waals surface area contributed by atoms with E-state index in [4.69, 9.17) is 5.11 Å². The number of alkyl halides is 3. The molecule has 0 atom stereocenters. The standard InChI is InChI=1S/C11H15F3N2O2S/c1-8-6-16(5-3-2-4-11(12,13)14)10(15-8)19-7-9(17)18/h6H,2-5,7H2,1H3,(H,17,18). The van der Waals surface area contributed by atoms with Crippen LogP contribution in [0.4, 0.5) is 13.2 Å². The summed E-state index contributed by atoms with van der Waals surface area (Å²) in [6, 6.07) is 0. The van der Waals surface area contributed by atoms with Crippen molar-refractivity contribution >= 4 is 17.7 Å². The van der Waals surface area contributed by atoms with Crippen LogP contribution in [0.5, 0.6) is 0 Å². The van der Waals surface area contributed by atoms with Crippen molar-refractivity contribution in [2.24, 2.45) is 0 Å². The molecule has 0 aliphatic heterocycles. The Bertz CT molecular complexity index is 432. The van der Waals surface area contributed by atoms with Gasteiger partial charge in [-0.15, -0.1) is 0 Å². The Morgan fingerprint density at radius 2 is 2.16 bits per heavy atom. The average molecular weight is 296 g/mol. The molecule has 1 rings (SSSR count). The molecule has 4 nitrogen and oxygen atoms in total. The van der Waals surface area contributed by atoms with Crippen LogP contribution in [-0.4, -0.2) is 32.6 Å². The van der Waals surface area contributed by atoms with Crippen molar-refractivity contribution in [3.05, 3.63) is 11.9 Å². The van der Waals surface area contributed by atoms with E-state index in [9.17, 15) is 18.0 Å². The predicted molar refractivity (Wildman–Crippen MR) is 65.2 cm³/mol. The number of aryl methyl sites for hydroxylation is 2. The maximum Gasteiger partial charge on any atom is 0.389 e. The number of carbonyl (C=O) groups is 1. The Balaban J connectivity index is 2.46. The fourth-order valence-electron chi connectivity index (χ4n) is 1.53. The number of nitrogens with zero attached hydrogens (tertiary/aromatic N) is 2. The maximum absolute atomic E-state index is 12.0. The second-order valence-corrected chi connectivity index (χ2v) is 5.06. The minimum Gasteiger partial charge on any atom is -0.481 e. The highest BCUT2D eigenvalue weighted by molar-refractivity contribution is 7.99. The van der Waals surface area contributed by atoms with Crippen LogP contribution in [0.2, 0.25) is 0 Å². The van der Waals surface area contributed by atoms with Crippen molar-refractivity contribution < 1.29 is 23.1 Å². The van der Waals surface area contributed by atoms with E-state index < -0.39 is 18.6 Å². The van der Waals surface area contributed by atoms with E-state index in [0.29, 0.717) is 18.1 Å².